The summed E-state index contributed by atoms with van der Waals surface area (Å²) in [6.07, 6.45) is 0. The lowest BCUT2D eigenvalue weighted by molar-refractivity contribution is -0.122. The number of aromatic nitrogens is 1. The van der Waals surface area contributed by atoms with Gasteiger partial charge in [0.1, 0.15) is 6.54 Å². The van der Waals surface area contributed by atoms with Gasteiger partial charge in [0, 0.05) is 30.7 Å². The van der Waals surface area contributed by atoms with Crippen molar-refractivity contribution in [1.29, 1.82) is 0 Å². The monoisotopic (exact) mass is 426 g/mol. The maximum Gasteiger partial charge on any atom is 0.269 e. The molecule has 0 fully saturated rings. The number of hydrogen-bond donors (Lipinski definition) is 2. The number of nitrogens with zero attached hydrogens (tertiary/aromatic N) is 2. The largest absolute Gasteiger partial charge is 0.378 e. The Balaban J connectivity index is 1.67. The number of hydrogen-bond acceptors (Lipinski definition) is 5. The summed E-state index contributed by atoms with van der Waals surface area (Å²) in [7, 11) is 3.80. The standard InChI is InChI=1S/C21H22N4O2S2/c1-14-7-9-15(10-8-14)18-13-29-21(28)25(18)12-19(26)22-23-20(27)16-5-4-6-17(11-16)24(2)3/h4-11,13H,12H2,1-3H3,(H,22,26)(H,23,27). The molecule has 2 N–H and O–H groups in total. The molecule has 0 unspecified atom stereocenters. The summed E-state index contributed by atoms with van der Waals surface area (Å²) in [5.41, 5.74) is 9.31. The van der Waals surface area contributed by atoms with Gasteiger partial charge in [-0.25, -0.2) is 0 Å². The second kappa shape index (κ2) is 9.02. The quantitative estimate of drug-likeness (QED) is 0.481. The van der Waals surface area contributed by atoms with Gasteiger partial charge in [0.15, 0.2) is 3.95 Å². The lowest BCUT2D eigenvalue weighted by atomic mass is 10.1. The molecule has 2 amide bonds. The van der Waals surface area contributed by atoms with Gasteiger partial charge in [0.05, 0.1) is 5.69 Å². The van der Waals surface area contributed by atoms with E-state index >= 15 is 0 Å². The van der Waals surface area contributed by atoms with Gasteiger partial charge < -0.3 is 9.47 Å². The lowest BCUT2D eigenvalue weighted by Gasteiger charge is -2.14. The van der Waals surface area contributed by atoms with Crippen LogP contribution in [-0.4, -0.2) is 30.5 Å². The highest BCUT2D eigenvalue weighted by molar-refractivity contribution is 7.73. The van der Waals surface area contributed by atoms with Crippen LogP contribution in [0.15, 0.2) is 53.9 Å². The molecule has 1 heterocycles. The number of nitrogens with one attached hydrogen (secondary N) is 2. The van der Waals surface area contributed by atoms with Crippen LogP contribution in [0.2, 0.25) is 0 Å². The Morgan fingerprint density at radius 3 is 2.52 bits per heavy atom. The first-order valence-electron chi connectivity index (χ1n) is 8.97. The highest BCUT2D eigenvalue weighted by atomic mass is 32.1. The van der Waals surface area contributed by atoms with E-state index in [1.54, 1.807) is 22.8 Å². The number of carbonyl (C=O) groups is 2. The Labute approximate surface area is 178 Å². The zero-order valence-corrected chi connectivity index (χ0v) is 18.1. The number of carbonyl (C=O) groups excluding carboxylic acids is 2. The van der Waals surface area contributed by atoms with Gasteiger partial charge in [-0.3, -0.25) is 20.4 Å². The topological polar surface area (TPSA) is 66.4 Å². The van der Waals surface area contributed by atoms with Crippen LogP contribution >= 0.6 is 23.6 Å². The Bertz CT molecular complexity index is 1080. The maximum atomic E-state index is 12.4. The molecular weight excluding hydrogens is 404 g/mol. The summed E-state index contributed by atoms with van der Waals surface area (Å²) in [6, 6.07) is 15.2. The van der Waals surface area contributed by atoms with Gasteiger partial charge in [-0.15, -0.1) is 11.3 Å². The zero-order chi connectivity index (χ0) is 21.0. The minimum Gasteiger partial charge on any atom is -0.378 e. The summed E-state index contributed by atoms with van der Waals surface area (Å²) in [5, 5.41) is 1.94. The van der Waals surface area contributed by atoms with Crippen LogP contribution in [0.25, 0.3) is 11.3 Å². The fourth-order valence-electron chi connectivity index (χ4n) is 2.74. The van der Waals surface area contributed by atoms with E-state index in [1.165, 1.54) is 11.3 Å². The first kappa shape index (κ1) is 20.8. The molecule has 3 rings (SSSR count). The third kappa shape index (κ3) is 5.10. The first-order valence-corrected chi connectivity index (χ1v) is 10.3. The molecule has 0 spiro atoms. The number of benzene rings is 2. The first-order chi connectivity index (χ1) is 13.8. The fourth-order valence-corrected chi connectivity index (χ4v) is 3.81. The van der Waals surface area contributed by atoms with Crippen molar-refractivity contribution >= 4 is 41.1 Å². The number of amides is 2. The van der Waals surface area contributed by atoms with Crippen molar-refractivity contribution in [3.05, 3.63) is 69.0 Å². The van der Waals surface area contributed by atoms with Gasteiger partial charge in [-0.05, 0) is 42.9 Å². The van der Waals surface area contributed by atoms with E-state index in [9.17, 15) is 9.59 Å². The van der Waals surface area contributed by atoms with E-state index in [0.29, 0.717) is 9.52 Å². The average molecular weight is 427 g/mol. The minimum atomic E-state index is -0.380. The smallest absolute Gasteiger partial charge is 0.269 e. The lowest BCUT2D eigenvalue weighted by Crippen LogP contribution is -2.43. The molecule has 0 bridgehead atoms. The van der Waals surface area contributed by atoms with Crippen LogP contribution < -0.4 is 15.8 Å². The average Bonchev–Trinajstić information content (AvgIpc) is 3.07. The maximum absolute atomic E-state index is 12.4. The van der Waals surface area contributed by atoms with E-state index in [-0.39, 0.29) is 18.4 Å². The Kier molecular flexibility index (Phi) is 6.46. The molecule has 0 aliphatic rings. The zero-order valence-electron chi connectivity index (χ0n) is 16.4. The molecule has 0 saturated heterocycles. The molecule has 29 heavy (non-hydrogen) atoms. The predicted molar refractivity (Wildman–Crippen MR) is 120 cm³/mol. The third-order valence-corrected chi connectivity index (χ3v) is 5.64. The van der Waals surface area contributed by atoms with Gasteiger partial charge in [0.25, 0.3) is 11.8 Å². The summed E-state index contributed by atoms with van der Waals surface area (Å²) in [4.78, 5) is 26.7. The van der Waals surface area contributed by atoms with Crippen molar-refractivity contribution in [2.24, 2.45) is 0 Å². The molecule has 1 aromatic heterocycles. The molecule has 6 nitrogen and oxygen atoms in total. The number of anilines is 1. The Morgan fingerprint density at radius 2 is 1.83 bits per heavy atom. The summed E-state index contributed by atoms with van der Waals surface area (Å²) in [5.74, 6) is -0.736. The molecular formula is C21H22N4O2S2. The summed E-state index contributed by atoms with van der Waals surface area (Å²) >= 11 is 6.78. The second-order valence-corrected chi connectivity index (χ2v) is 8.29. The number of hydrazine groups is 1. The molecule has 2 aromatic carbocycles. The van der Waals surface area contributed by atoms with E-state index in [0.717, 1.165) is 22.5 Å². The number of thiazole rings is 1. The van der Waals surface area contributed by atoms with Crippen LogP contribution in [0.5, 0.6) is 0 Å². The molecule has 0 aliphatic heterocycles. The highest BCUT2D eigenvalue weighted by Crippen LogP contribution is 2.24. The van der Waals surface area contributed by atoms with Crippen LogP contribution in [0, 0.1) is 10.9 Å². The molecule has 0 radical (unpaired) electrons. The molecule has 150 valence electrons. The van der Waals surface area contributed by atoms with Crippen molar-refractivity contribution in [3.63, 3.8) is 0 Å². The van der Waals surface area contributed by atoms with Crippen molar-refractivity contribution < 1.29 is 9.59 Å². The molecule has 0 aliphatic carbocycles. The van der Waals surface area contributed by atoms with Crippen LogP contribution in [0.1, 0.15) is 15.9 Å². The van der Waals surface area contributed by atoms with E-state index in [2.05, 4.69) is 10.9 Å². The minimum absolute atomic E-state index is 0.0174. The van der Waals surface area contributed by atoms with Gasteiger partial charge in [-0.1, -0.05) is 35.9 Å². The number of aryl methyl sites for hydroxylation is 1. The SMILES string of the molecule is Cc1ccc(-c2csc(=S)n2CC(=O)NNC(=O)c2cccc(N(C)C)c2)cc1. The number of rotatable bonds is 5. The van der Waals surface area contributed by atoms with Gasteiger partial charge in [-0.2, -0.15) is 0 Å². The molecule has 0 atom stereocenters. The van der Waals surface area contributed by atoms with E-state index < -0.39 is 0 Å². The van der Waals surface area contributed by atoms with Crippen LogP contribution in [0.3, 0.4) is 0 Å². The van der Waals surface area contributed by atoms with Crippen LogP contribution in [-0.2, 0) is 11.3 Å². The van der Waals surface area contributed by atoms with Crippen molar-refractivity contribution in [2.75, 3.05) is 19.0 Å². The summed E-state index contributed by atoms with van der Waals surface area (Å²) < 4.78 is 2.36. The van der Waals surface area contributed by atoms with Crippen LogP contribution in [0.4, 0.5) is 5.69 Å². The van der Waals surface area contributed by atoms with E-state index in [1.807, 2.05) is 61.6 Å². The van der Waals surface area contributed by atoms with Gasteiger partial charge in [0.2, 0.25) is 0 Å². The normalized spacial score (nSPS) is 10.4. The summed E-state index contributed by atoms with van der Waals surface area (Å²) in [6.45, 7) is 2.04. The Morgan fingerprint density at radius 1 is 1.10 bits per heavy atom. The highest BCUT2D eigenvalue weighted by Gasteiger charge is 2.13. The third-order valence-electron chi connectivity index (χ3n) is 4.37. The van der Waals surface area contributed by atoms with Crippen molar-refractivity contribution in [2.45, 2.75) is 13.5 Å². The van der Waals surface area contributed by atoms with Crippen molar-refractivity contribution in [3.8, 4) is 11.3 Å². The van der Waals surface area contributed by atoms with E-state index in [4.69, 9.17) is 12.2 Å². The predicted octanol–water partition coefficient (Wildman–Crippen LogP) is 3.78. The van der Waals surface area contributed by atoms with Gasteiger partial charge >= 0.3 is 0 Å². The Hall–Kier alpha value is -2.97. The molecule has 0 saturated carbocycles. The fraction of sp³-hybridized carbons (Fsp3) is 0.190. The molecule has 3 aromatic rings. The van der Waals surface area contributed by atoms with Crippen molar-refractivity contribution in [1.82, 2.24) is 15.4 Å². The second-order valence-electron chi connectivity index (χ2n) is 6.79. The molecule has 8 heteroatoms.